The zero-order valence-electron chi connectivity index (χ0n) is 43.4. The molecule has 4 aromatic heterocycles. The summed E-state index contributed by atoms with van der Waals surface area (Å²) in [7, 11) is 0. The summed E-state index contributed by atoms with van der Waals surface area (Å²) in [6, 6.07) is 50.0. The monoisotopic (exact) mass is 974 g/mol. The molecule has 0 aliphatic carbocycles. The molecular weight excluding hydrogens is 916 g/mol. The fraction of sp³-hybridized carbons (Fsp3) is 0.231. The van der Waals surface area contributed by atoms with E-state index in [1.54, 1.807) is 0 Å². The third-order valence-electron chi connectivity index (χ3n) is 15.5. The minimum Gasteiger partial charge on any atom is -0.456 e. The van der Waals surface area contributed by atoms with Crippen molar-refractivity contribution in [1.82, 2.24) is 0 Å². The summed E-state index contributed by atoms with van der Waals surface area (Å²) in [5, 5.41) is 4.87. The van der Waals surface area contributed by atoms with Crippen LogP contribution in [0, 0.1) is 27.7 Å². The number of rotatable bonds is 5. The number of aryl methyl sites for hydroxylation is 4. The molecule has 0 radical (unpaired) electrons. The Labute approximate surface area is 431 Å². The van der Waals surface area contributed by atoms with E-state index in [2.05, 4.69) is 214 Å². The maximum Gasteiger partial charge on any atom is 0.277 e. The van der Waals surface area contributed by atoms with Crippen LogP contribution in [-0.2, 0) is 10.8 Å². The molecule has 13 rings (SSSR count). The second-order valence-corrected chi connectivity index (χ2v) is 25.2. The van der Waals surface area contributed by atoms with Crippen LogP contribution in [0.3, 0.4) is 0 Å². The molecule has 6 heterocycles. The molecular formula is C65H59BN2O2S2. The lowest BCUT2D eigenvalue weighted by Gasteiger charge is -2.44. The van der Waals surface area contributed by atoms with Gasteiger partial charge >= 0.3 is 0 Å². The molecule has 11 aromatic rings. The van der Waals surface area contributed by atoms with Crippen molar-refractivity contribution in [1.29, 1.82) is 0 Å². The number of benzene rings is 7. The predicted molar refractivity (Wildman–Crippen MR) is 312 cm³/mol. The van der Waals surface area contributed by atoms with E-state index in [9.17, 15) is 0 Å². The summed E-state index contributed by atoms with van der Waals surface area (Å²) >= 11 is 3.97. The van der Waals surface area contributed by atoms with Crippen molar-refractivity contribution in [2.75, 3.05) is 9.80 Å². The van der Waals surface area contributed by atoms with Crippen LogP contribution in [0.5, 0.6) is 0 Å². The van der Waals surface area contributed by atoms with Gasteiger partial charge in [0.05, 0.1) is 22.7 Å². The van der Waals surface area contributed by atoms with Crippen molar-refractivity contribution in [2.24, 2.45) is 0 Å². The molecule has 0 fully saturated rings. The minimum atomic E-state index is -0.0249. The Hall–Kier alpha value is -6.80. The van der Waals surface area contributed by atoms with Gasteiger partial charge in [0.25, 0.3) is 6.71 Å². The van der Waals surface area contributed by atoms with Crippen molar-refractivity contribution in [3.05, 3.63) is 172 Å². The second-order valence-electron chi connectivity index (χ2n) is 23.0. The molecule has 2 aliphatic heterocycles. The van der Waals surface area contributed by atoms with Crippen LogP contribution in [0.2, 0.25) is 0 Å². The second kappa shape index (κ2) is 15.9. The lowest BCUT2D eigenvalue weighted by atomic mass is 9.39. The van der Waals surface area contributed by atoms with E-state index >= 15 is 0 Å². The van der Waals surface area contributed by atoms with Gasteiger partial charge in [0.1, 0.15) is 22.7 Å². The number of nitrogens with zero attached hydrogens (tertiary/aromatic N) is 2. The highest BCUT2D eigenvalue weighted by molar-refractivity contribution is 7.40. The molecule has 0 unspecified atom stereocenters. The average molecular weight is 975 g/mol. The highest BCUT2D eigenvalue weighted by Crippen LogP contribution is 2.54. The molecule has 0 N–H and O–H groups in total. The first-order valence-electron chi connectivity index (χ1n) is 25.5. The summed E-state index contributed by atoms with van der Waals surface area (Å²) < 4.78 is 18.5. The van der Waals surface area contributed by atoms with E-state index in [1.165, 1.54) is 108 Å². The van der Waals surface area contributed by atoms with Gasteiger partial charge in [0.2, 0.25) is 0 Å². The Morgan fingerprint density at radius 3 is 1.25 bits per heavy atom. The largest absolute Gasteiger partial charge is 0.456 e. The van der Waals surface area contributed by atoms with Gasteiger partial charge in [0.15, 0.2) is 0 Å². The van der Waals surface area contributed by atoms with Gasteiger partial charge in [-0.2, -0.15) is 0 Å². The van der Waals surface area contributed by atoms with Crippen molar-refractivity contribution < 1.29 is 8.83 Å². The molecule has 0 atom stereocenters. The van der Waals surface area contributed by atoms with Gasteiger partial charge in [-0.3, -0.25) is 0 Å². The summed E-state index contributed by atoms with van der Waals surface area (Å²) in [5.74, 6) is 2.05. The SMILES string of the molecule is Cc1cc(-c2cc3ccccc3o2)cc(C)c1N1c2cc(C(C)C)cc3c2B(c2sc4ccc(C(C)(C)C)cc4c21)c1sc2ccc(C(C)(C)C)cc2c1N3c1c(C)cc(-c2cc3ccccc3o2)cc1C. The van der Waals surface area contributed by atoms with Gasteiger partial charge in [-0.15, -0.1) is 22.7 Å². The van der Waals surface area contributed by atoms with Crippen molar-refractivity contribution >= 4 is 121 Å². The molecule has 0 amide bonds. The number of para-hydroxylation sites is 2. The normalized spacial score (nSPS) is 13.6. The smallest absolute Gasteiger partial charge is 0.277 e. The Bertz CT molecular complexity index is 3700. The number of hydrogen-bond donors (Lipinski definition) is 0. The minimum absolute atomic E-state index is 0.0190. The summed E-state index contributed by atoms with van der Waals surface area (Å²) in [6.45, 7) is 27.9. The van der Waals surface area contributed by atoms with E-state index in [0.29, 0.717) is 0 Å². The van der Waals surface area contributed by atoms with Gasteiger partial charge in [-0.1, -0.05) is 104 Å². The molecule has 0 saturated carbocycles. The number of anilines is 6. The zero-order valence-corrected chi connectivity index (χ0v) is 45.0. The van der Waals surface area contributed by atoms with Crippen molar-refractivity contribution in [3.63, 3.8) is 0 Å². The number of fused-ring (bicyclic) bond motifs is 10. The standard InChI is InChI=1S/C65H59BN2O2S2/c1-35(2)42-29-49-57-50(30-42)68(59-38(5)27-44(28-39(59)6)54-32-41-18-14-16-20-52(41)70-54)61-48-34-46(65(10,11)12)22-24-56(48)72-63(61)66(57)62-60(47-33-45(64(7,8)9)21-23-55(47)71-62)67(49)58-36(3)25-43(26-37(58)4)53-31-40-17-13-15-19-51(40)69-53/h13-35H,1-12H3. The number of hydrogen-bond acceptors (Lipinski definition) is 6. The molecule has 356 valence electrons. The Kier molecular flexibility index (Phi) is 9.93. The first kappa shape index (κ1) is 45.1. The van der Waals surface area contributed by atoms with Crippen LogP contribution in [0.15, 0.2) is 142 Å². The van der Waals surface area contributed by atoms with Crippen LogP contribution in [-0.4, -0.2) is 6.71 Å². The van der Waals surface area contributed by atoms with Gasteiger partial charge in [-0.05, 0) is 174 Å². The Balaban J connectivity index is 1.13. The summed E-state index contributed by atoms with van der Waals surface area (Å²) in [4.78, 5) is 5.38. The van der Waals surface area contributed by atoms with E-state index in [1.807, 2.05) is 34.8 Å². The molecule has 7 aromatic carbocycles. The highest BCUT2D eigenvalue weighted by Gasteiger charge is 2.48. The van der Waals surface area contributed by atoms with Crippen LogP contribution in [0.4, 0.5) is 34.1 Å². The highest BCUT2D eigenvalue weighted by atomic mass is 32.1. The third-order valence-corrected chi connectivity index (χ3v) is 18.0. The van der Waals surface area contributed by atoms with E-state index < -0.39 is 0 Å². The zero-order chi connectivity index (χ0) is 49.9. The van der Waals surface area contributed by atoms with Crippen LogP contribution >= 0.6 is 22.7 Å². The molecule has 2 aliphatic rings. The van der Waals surface area contributed by atoms with E-state index in [-0.39, 0.29) is 23.5 Å². The first-order valence-corrected chi connectivity index (χ1v) is 27.2. The Morgan fingerprint density at radius 1 is 0.472 bits per heavy atom. The van der Waals surface area contributed by atoms with Gasteiger partial charge < -0.3 is 18.6 Å². The Morgan fingerprint density at radius 2 is 0.875 bits per heavy atom. The van der Waals surface area contributed by atoms with Crippen LogP contribution < -0.4 is 24.8 Å². The van der Waals surface area contributed by atoms with Gasteiger partial charge in [0, 0.05) is 63.0 Å². The summed E-state index contributed by atoms with van der Waals surface area (Å²) in [6.07, 6.45) is 0. The lowest BCUT2D eigenvalue weighted by molar-refractivity contribution is 0.591. The van der Waals surface area contributed by atoms with Crippen LogP contribution in [0.1, 0.15) is 100 Å². The number of furan rings is 2. The molecule has 0 saturated heterocycles. The van der Waals surface area contributed by atoms with Crippen LogP contribution in [0.25, 0.3) is 64.8 Å². The maximum atomic E-state index is 6.53. The molecule has 7 heteroatoms. The van der Waals surface area contributed by atoms with Gasteiger partial charge in [-0.25, -0.2) is 0 Å². The van der Waals surface area contributed by atoms with Crippen molar-refractivity contribution in [2.45, 2.75) is 99.8 Å². The van der Waals surface area contributed by atoms with E-state index in [0.717, 1.165) is 44.6 Å². The molecule has 4 nitrogen and oxygen atoms in total. The summed E-state index contributed by atoms with van der Waals surface area (Å²) in [5.41, 5.74) is 21.8. The quantitative estimate of drug-likeness (QED) is 0.161. The maximum absolute atomic E-state index is 6.53. The topological polar surface area (TPSA) is 32.8 Å². The number of thiophene rings is 2. The molecule has 72 heavy (non-hydrogen) atoms. The average Bonchev–Trinajstić information content (AvgIpc) is 4.14. The fourth-order valence-electron chi connectivity index (χ4n) is 11.9. The third kappa shape index (κ3) is 6.83. The lowest BCUT2D eigenvalue weighted by Crippen LogP contribution is -2.59. The van der Waals surface area contributed by atoms with E-state index in [4.69, 9.17) is 8.83 Å². The first-order chi connectivity index (χ1) is 34.4. The molecule has 0 bridgehead atoms. The molecule has 0 spiro atoms. The predicted octanol–water partition coefficient (Wildman–Crippen LogP) is 18.0. The fourth-order valence-corrected chi connectivity index (χ4v) is 14.5. The van der Waals surface area contributed by atoms with Crippen molar-refractivity contribution in [3.8, 4) is 22.6 Å².